The van der Waals surface area contributed by atoms with E-state index in [0.717, 1.165) is 15.6 Å². The highest BCUT2D eigenvalue weighted by Crippen LogP contribution is 2.23. The van der Waals surface area contributed by atoms with Crippen LogP contribution in [0.2, 0.25) is 0 Å². The lowest BCUT2D eigenvalue weighted by Crippen LogP contribution is -2.01. The van der Waals surface area contributed by atoms with Gasteiger partial charge in [0.05, 0.1) is 11.6 Å². The van der Waals surface area contributed by atoms with Crippen molar-refractivity contribution in [2.24, 2.45) is 0 Å². The number of hydrogen-bond donors (Lipinski definition) is 2. The standard InChI is InChI=1S/C15H12BrNO3/c16-11-3-1-2-9(6-11)7-13(18)10-4-5-12-14(8-10)20-15(19)17-12/h1-6,8,13,18H,7H2,(H,17,19). The van der Waals surface area contributed by atoms with E-state index in [4.69, 9.17) is 4.42 Å². The molecule has 5 heteroatoms. The third-order valence-corrected chi connectivity index (χ3v) is 3.64. The summed E-state index contributed by atoms with van der Waals surface area (Å²) in [6.45, 7) is 0. The zero-order chi connectivity index (χ0) is 14.1. The van der Waals surface area contributed by atoms with Crippen molar-refractivity contribution in [1.82, 2.24) is 4.98 Å². The van der Waals surface area contributed by atoms with Crippen LogP contribution in [0.3, 0.4) is 0 Å². The summed E-state index contributed by atoms with van der Waals surface area (Å²) in [5, 5.41) is 10.3. The number of benzene rings is 2. The molecule has 0 radical (unpaired) electrons. The number of aromatic amines is 1. The molecule has 0 bridgehead atoms. The molecule has 2 aromatic carbocycles. The fourth-order valence-electron chi connectivity index (χ4n) is 2.17. The minimum absolute atomic E-state index is 0.459. The molecular weight excluding hydrogens is 322 g/mol. The van der Waals surface area contributed by atoms with Crippen LogP contribution in [0.4, 0.5) is 0 Å². The summed E-state index contributed by atoms with van der Waals surface area (Å²) in [5.41, 5.74) is 2.84. The molecule has 0 aliphatic carbocycles. The first-order chi connectivity index (χ1) is 9.61. The third kappa shape index (κ3) is 2.69. The molecule has 0 fully saturated rings. The van der Waals surface area contributed by atoms with Gasteiger partial charge in [0.25, 0.3) is 0 Å². The summed E-state index contributed by atoms with van der Waals surface area (Å²) in [6, 6.07) is 13.0. The lowest BCUT2D eigenvalue weighted by Gasteiger charge is -2.11. The molecule has 102 valence electrons. The van der Waals surface area contributed by atoms with Crippen molar-refractivity contribution in [3.05, 3.63) is 68.6 Å². The van der Waals surface area contributed by atoms with E-state index in [1.54, 1.807) is 18.2 Å². The second kappa shape index (κ2) is 5.26. The number of nitrogens with one attached hydrogen (secondary N) is 1. The van der Waals surface area contributed by atoms with E-state index >= 15 is 0 Å². The number of H-pyrrole nitrogens is 1. The minimum Gasteiger partial charge on any atom is -0.408 e. The second-order valence-corrected chi connectivity index (χ2v) is 5.54. The Labute approximate surface area is 123 Å². The number of aromatic nitrogens is 1. The highest BCUT2D eigenvalue weighted by atomic mass is 79.9. The van der Waals surface area contributed by atoms with E-state index in [1.165, 1.54) is 0 Å². The molecule has 1 aromatic heterocycles. The van der Waals surface area contributed by atoms with Crippen molar-refractivity contribution in [3.63, 3.8) is 0 Å². The minimum atomic E-state index is -0.645. The number of aliphatic hydroxyl groups excluding tert-OH is 1. The van der Waals surface area contributed by atoms with Crippen LogP contribution >= 0.6 is 15.9 Å². The Balaban J connectivity index is 1.88. The summed E-state index contributed by atoms with van der Waals surface area (Å²) >= 11 is 3.41. The first-order valence-corrected chi connectivity index (χ1v) is 6.96. The van der Waals surface area contributed by atoms with Gasteiger partial charge in [0.1, 0.15) is 0 Å². The molecule has 2 N–H and O–H groups in total. The predicted octanol–water partition coefficient (Wildman–Crippen LogP) is 3.16. The molecule has 0 amide bonds. The van der Waals surface area contributed by atoms with E-state index in [2.05, 4.69) is 20.9 Å². The van der Waals surface area contributed by atoms with Crippen LogP contribution in [0.15, 0.2) is 56.1 Å². The zero-order valence-corrected chi connectivity index (χ0v) is 12.1. The van der Waals surface area contributed by atoms with Crippen LogP contribution < -0.4 is 5.76 Å². The van der Waals surface area contributed by atoms with Gasteiger partial charge in [-0.3, -0.25) is 4.98 Å². The highest BCUT2D eigenvalue weighted by Gasteiger charge is 2.11. The van der Waals surface area contributed by atoms with Gasteiger partial charge in [-0.1, -0.05) is 34.1 Å². The molecule has 0 saturated carbocycles. The molecule has 0 spiro atoms. The Morgan fingerprint density at radius 2 is 2.10 bits per heavy atom. The summed E-state index contributed by atoms with van der Waals surface area (Å²) in [5.74, 6) is -0.487. The maximum absolute atomic E-state index is 11.1. The molecule has 0 aliphatic heterocycles. The van der Waals surface area contributed by atoms with Gasteiger partial charge in [-0.2, -0.15) is 0 Å². The molecule has 1 unspecified atom stereocenters. The molecule has 4 nitrogen and oxygen atoms in total. The van der Waals surface area contributed by atoms with Gasteiger partial charge < -0.3 is 9.52 Å². The van der Waals surface area contributed by atoms with E-state index in [1.807, 2.05) is 24.3 Å². The molecule has 3 aromatic rings. The number of oxazole rings is 1. The van der Waals surface area contributed by atoms with Crippen molar-refractivity contribution in [2.45, 2.75) is 12.5 Å². The average molecular weight is 334 g/mol. The fourth-order valence-corrected chi connectivity index (χ4v) is 2.62. The van der Waals surface area contributed by atoms with Gasteiger partial charge in [0.15, 0.2) is 5.58 Å². The number of fused-ring (bicyclic) bond motifs is 1. The Morgan fingerprint density at radius 3 is 2.90 bits per heavy atom. The van der Waals surface area contributed by atoms with E-state index in [0.29, 0.717) is 17.5 Å². The Morgan fingerprint density at radius 1 is 1.25 bits per heavy atom. The molecular formula is C15H12BrNO3. The Hall–Kier alpha value is -1.85. The summed E-state index contributed by atoms with van der Waals surface area (Å²) in [7, 11) is 0. The number of aliphatic hydroxyl groups is 1. The molecule has 0 aliphatic rings. The van der Waals surface area contributed by atoms with E-state index in [-0.39, 0.29) is 0 Å². The van der Waals surface area contributed by atoms with Crippen molar-refractivity contribution < 1.29 is 9.52 Å². The fraction of sp³-hybridized carbons (Fsp3) is 0.133. The van der Waals surface area contributed by atoms with Crippen molar-refractivity contribution in [3.8, 4) is 0 Å². The van der Waals surface area contributed by atoms with E-state index < -0.39 is 11.9 Å². The third-order valence-electron chi connectivity index (χ3n) is 3.15. The monoisotopic (exact) mass is 333 g/mol. The predicted molar refractivity (Wildman–Crippen MR) is 79.6 cm³/mol. The van der Waals surface area contributed by atoms with Crippen molar-refractivity contribution in [2.75, 3.05) is 0 Å². The van der Waals surface area contributed by atoms with E-state index in [9.17, 15) is 9.90 Å². The van der Waals surface area contributed by atoms with Gasteiger partial charge in [-0.25, -0.2) is 4.79 Å². The van der Waals surface area contributed by atoms with Crippen molar-refractivity contribution >= 4 is 27.0 Å². The number of hydrogen-bond acceptors (Lipinski definition) is 3. The second-order valence-electron chi connectivity index (χ2n) is 4.62. The Kier molecular flexibility index (Phi) is 3.46. The van der Waals surface area contributed by atoms with Gasteiger partial charge >= 0.3 is 5.76 Å². The topological polar surface area (TPSA) is 66.2 Å². The Bertz CT molecular complexity index is 806. The van der Waals surface area contributed by atoms with Crippen LogP contribution in [0.25, 0.3) is 11.1 Å². The summed E-state index contributed by atoms with van der Waals surface area (Å²) < 4.78 is 5.98. The normalized spacial score (nSPS) is 12.7. The SMILES string of the molecule is O=c1[nH]c2ccc(C(O)Cc3cccc(Br)c3)cc2o1. The quantitative estimate of drug-likeness (QED) is 0.773. The van der Waals surface area contributed by atoms with Gasteiger partial charge in [0, 0.05) is 10.9 Å². The van der Waals surface area contributed by atoms with Crippen molar-refractivity contribution in [1.29, 1.82) is 0 Å². The highest BCUT2D eigenvalue weighted by molar-refractivity contribution is 9.10. The molecule has 20 heavy (non-hydrogen) atoms. The van der Waals surface area contributed by atoms with Crippen LogP contribution in [0.1, 0.15) is 17.2 Å². The maximum atomic E-state index is 11.1. The van der Waals surface area contributed by atoms with Crippen LogP contribution in [-0.4, -0.2) is 10.1 Å². The molecule has 3 rings (SSSR count). The zero-order valence-electron chi connectivity index (χ0n) is 10.5. The van der Waals surface area contributed by atoms with Crippen LogP contribution in [-0.2, 0) is 6.42 Å². The molecule has 0 saturated heterocycles. The lowest BCUT2D eigenvalue weighted by atomic mass is 10.0. The largest absolute Gasteiger partial charge is 0.417 e. The van der Waals surface area contributed by atoms with Gasteiger partial charge in [-0.15, -0.1) is 0 Å². The average Bonchev–Trinajstić information content (AvgIpc) is 2.77. The summed E-state index contributed by atoms with van der Waals surface area (Å²) in [6.07, 6.45) is -0.145. The number of rotatable bonds is 3. The first-order valence-electron chi connectivity index (χ1n) is 6.17. The van der Waals surface area contributed by atoms with Crippen LogP contribution in [0.5, 0.6) is 0 Å². The lowest BCUT2D eigenvalue weighted by molar-refractivity contribution is 0.178. The first kappa shape index (κ1) is 13.1. The van der Waals surface area contributed by atoms with Crippen LogP contribution in [0, 0.1) is 0 Å². The summed E-state index contributed by atoms with van der Waals surface area (Å²) in [4.78, 5) is 13.7. The molecule has 1 atom stereocenters. The smallest absolute Gasteiger partial charge is 0.408 e. The van der Waals surface area contributed by atoms with Gasteiger partial charge in [0.2, 0.25) is 0 Å². The van der Waals surface area contributed by atoms with Gasteiger partial charge in [-0.05, 0) is 35.4 Å². The molecule has 1 heterocycles. The maximum Gasteiger partial charge on any atom is 0.417 e. The number of halogens is 1.